The van der Waals surface area contributed by atoms with Gasteiger partial charge in [-0.05, 0) is 48.5 Å². The van der Waals surface area contributed by atoms with Gasteiger partial charge in [-0.25, -0.2) is 18.0 Å². The third kappa shape index (κ3) is 10.1. The maximum Gasteiger partial charge on any atom is 0.330 e. The molecule has 0 aliphatic rings. The minimum Gasteiger partial charge on any atom is -0.493 e. The second-order valence-electron chi connectivity index (χ2n) is 7.70. The van der Waals surface area contributed by atoms with Crippen molar-refractivity contribution in [3.63, 3.8) is 0 Å². The van der Waals surface area contributed by atoms with Crippen molar-refractivity contribution in [2.45, 2.75) is 34.8 Å². The van der Waals surface area contributed by atoms with E-state index >= 15 is 0 Å². The minimum atomic E-state index is -3.78. The van der Waals surface area contributed by atoms with Crippen LogP contribution in [0, 0.1) is 0 Å². The Labute approximate surface area is 215 Å². The van der Waals surface area contributed by atoms with E-state index < -0.39 is 34.0 Å². The van der Waals surface area contributed by atoms with Gasteiger partial charge in [0.2, 0.25) is 9.84 Å². The van der Waals surface area contributed by atoms with Crippen LogP contribution < -0.4 is 9.47 Å². The molecule has 0 saturated heterocycles. The Bertz CT molecular complexity index is 1060. The van der Waals surface area contributed by atoms with Crippen molar-refractivity contribution in [2.24, 2.45) is 0 Å². The predicted molar refractivity (Wildman–Crippen MR) is 133 cm³/mol. The van der Waals surface area contributed by atoms with E-state index in [-0.39, 0.29) is 49.1 Å². The van der Waals surface area contributed by atoms with Crippen LogP contribution in [0.1, 0.15) is 12.8 Å². The molecule has 2 aromatic carbocycles. The number of esters is 2. The molecule has 2 unspecified atom stereocenters. The first kappa shape index (κ1) is 29.6. The molecule has 11 heteroatoms. The zero-order valence-electron chi connectivity index (χ0n) is 20.2. The quantitative estimate of drug-likeness (QED) is 0.243. The molecule has 200 valence electrons. The van der Waals surface area contributed by atoms with Crippen LogP contribution in [0.5, 0.6) is 11.5 Å². The van der Waals surface area contributed by atoms with Crippen LogP contribution in [0.15, 0.2) is 83.6 Å². The van der Waals surface area contributed by atoms with Crippen LogP contribution in [0.3, 0.4) is 0 Å². The van der Waals surface area contributed by atoms with Gasteiger partial charge in [0.1, 0.15) is 24.7 Å². The number of aliphatic hydroxyl groups excluding tert-OH is 2. The highest BCUT2D eigenvalue weighted by Crippen LogP contribution is 2.25. The molecule has 0 radical (unpaired) electrons. The Morgan fingerprint density at radius 3 is 1.41 bits per heavy atom. The van der Waals surface area contributed by atoms with Gasteiger partial charge in [-0.2, -0.15) is 0 Å². The van der Waals surface area contributed by atoms with Gasteiger partial charge in [0.25, 0.3) is 0 Å². The highest BCUT2D eigenvalue weighted by Gasteiger charge is 2.18. The lowest BCUT2D eigenvalue weighted by Gasteiger charge is -2.12. The highest BCUT2D eigenvalue weighted by atomic mass is 32.2. The van der Waals surface area contributed by atoms with Crippen molar-refractivity contribution in [1.82, 2.24) is 0 Å². The first-order valence-electron chi connectivity index (χ1n) is 11.3. The van der Waals surface area contributed by atoms with Gasteiger partial charge in [0.05, 0.1) is 35.2 Å². The van der Waals surface area contributed by atoms with Crippen molar-refractivity contribution < 1.29 is 47.2 Å². The molecule has 0 bridgehead atoms. The molecular formula is C26H30O10S. The maximum absolute atomic E-state index is 12.9. The van der Waals surface area contributed by atoms with Crippen LogP contribution in [0.4, 0.5) is 0 Å². The highest BCUT2D eigenvalue weighted by molar-refractivity contribution is 7.91. The summed E-state index contributed by atoms with van der Waals surface area (Å²) >= 11 is 0. The van der Waals surface area contributed by atoms with E-state index in [1.165, 1.54) is 48.5 Å². The molecule has 0 saturated carbocycles. The summed E-state index contributed by atoms with van der Waals surface area (Å²) in [4.78, 5) is 22.1. The molecule has 0 aliphatic carbocycles. The molecule has 0 aliphatic heterocycles. The zero-order chi connectivity index (χ0) is 27.3. The van der Waals surface area contributed by atoms with E-state index in [2.05, 4.69) is 13.2 Å². The fourth-order valence-electron chi connectivity index (χ4n) is 2.83. The first-order valence-corrected chi connectivity index (χ1v) is 12.8. The topological polar surface area (TPSA) is 146 Å². The third-order valence-electron chi connectivity index (χ3n) is 4.88. The van der Waals surface area contributed by atoms with E-state index in [1.807, 2.05) is 0 Å². The molecule has 2 rings (SSSR count). The number of sulfone groups is 1. The number of rotatable bonds is 16. The van der Waals surface area contributed by atoms with Crippen molar-refractivity contribution in [3.8, 4) is 11.5 Å². The number of hydrogen-bond donors (Lipinski definition) is 2. The molecule has 2 atom stereocenters. The average molecular weight is 535 g/mol. The number of hydrogen-bond acceptors (Lipinski definition) is 10. The minimum absolute atomic E-state index is 0.0714. The van der Waals surface area contributed by atoms with E-state index in [9.17, 15) is 28.2 Å². The monoisotopic (exact) mass is 534 g/mol. The van der Waals surface area contributed by atoms with Gasteiger partial charge in [-0.15, -0.1) is 0 Å². The van der Waals surface area contributed by atoms with Crippen LogP contribution in [-0.4, -0.2) is 69.2 Å². The second-order valence-corrected chi connectivity index (χ2v) is 9.65. The summed E-state index contributed by atoms with van der Waals surface area (Å²) < 4.78 is 46.3. The lowest BCUT2D eigenvalue weighted by molar-refractivity contribution is -0.141. The predicted octanol–water partition coefficient (Wildman–Crippen LogP) is 2.24. The van der Waals surface area contributed by atoms with Crippen LogP contribution in [-0.2, 0) is 28.9 Å². The molecule has 0 amide bonds. The molecule has 0 fully saturated rings. The average Bonchev–Trinajstić information content (AvgIpc) is 2.90. The Hall–Kier alpha value is -3.67. The fraction of sp³-hybridized carbons (Fsp3) is 0.308. The first-order chi connectivity index (χ1) is 17.6. The molecule has 2 N–H and O–H groups in total. The maximum atomic E-state index is 12.9. The van der Waals surface area contributed by atoms with Crippen molar-refractivity contribution in [1.29, 1.82) is 0 Å². The largest absolute Gasteiger partial charge is 0.493 e. The normalized spacial score (nSPS) is 12.6. The van der Waals surface area contributed by atoms with Gasteiger partial charge >= 0.3 is 11.9 Å². The molecule has 37 heavy (non-hydrogen) atoms. The summed E-state index contributed by atoms with van der Waals surface area (Å²) in [7, 11) is -3.78. The van der Waals surface area contributed by atoms with Crippen LogP contribution >= 0.6 is 0 Å². The summed E-state index contributed by atoms with van der Waals surface area (Å²) in [5, 5.41) is 19.6. The van der Waals surface area contributed by atoms with E-state index in [0.717, 1.165) is 12.2 Å². The van der Waals surface area contributed by atoms with Gasteiger partial charge < -0.3 is 29.2 Å². The summed E-state index contributed by atoms with van der Waals surface area (Å²) in [5.41, 5.74) is 0. The van der Waals surface area contributed by atoms with Gasteiger partial charge in [0, 0.05) is 25.0 Å². The van der Waals surface area contributed by atoms with Crippen molar-refractivity contribution >= 4 is 21.8 Å². The number of carbonyl (C=O) groups is 2. The molecule has 0 aromatic heterocycles. The second kappa shape index (κ2) is 14.8. The molecule has 10 nitrogen and oxygen atoms in total. The third-order valence-corrected chi connectivity index (χ3v) is 6.66. The van der Waals surface area contributed by atoms with E-state index in [4.69, 9.17) is 18.9 Å². The summed E-state index contributed by atoms with van der Waals surface area (Å²) in [6, 6.07) is 11.7. The van der Waals surface area contributed by atoms with Crippen LogP contribution in [0.2, 0.25) is 0 Å². The lowest BCUT2D eigenvalue weighted by atomic mass is 10.3. The number of ether oxygens (including phenoxy) is 4. The smallest absolute Gasteiger partial charge is 0.330 e. The van der Waals surface area contributed by atoms with Gasteiger partial charge in [0.15, 0.2) is 0 Å². The lowest BCUT2D eigenvalue weighted by Crippen LogP contribution is -2.20. The molecule has 0 heterocycles. The number of benzene rings is 2. The number of carbonyl (C=O) groups excluding carboxylic acids is 2. The SMILES string of the molecule is C=CC(=O)OCC(O)CCOc1ccc(S(=O)(=O)c2ccc(OCCC(O)COC(=O)C=C)cc2)cc1. The molecule has 2 aromatic rings. The van der Waals surface area contributed by atoms with Crippen molar-refractivity contribution in [2.75, 3.05) is 26.4 Å². The fourth-order valence-corrected chi connectivity index (χ4v) is 4.09. The Morgan fingerprint density at radius 2 is 1.08 bits per heavy atom. The van der Waals surface area contributed by atoms with E-state index in [1.54, 1.807) is 0 Å². The summed E-state index contributed by atoms with van der Waals surface area (Å²) in [5.74, 6) is -0.419. The van der Waals surface area contributed by atoms with Crippen LogP contribution in [0.25, 0.3) is 0 Å². The molecular weight excluding hydrogens is 504 g/mol. The summed E-state index contributed by atoms with van der Waals surface area (Å²) in [6.07, 6.45) is 0.625. The number of aliphatic hydroxyl groups is 2. The zero-order valence-corrected chi connectivity index (χ0v) is 21.0. The van der Waals surface area contributed by atoms with Crippen molar-refractivity contribution in [3.05, 3.63) is 73.8 Å². The Morgan fingerprint density at radius 1 is 0.730 bits per heavy atom. The molecule has 0 spiro atoms. The van der Waals surface area contributed by atoms with E-state index in [0.29, 0.717) is 11.5 Å². The Kier molecular flexibility index (Phi) is 11.8. The van der Waals surface area contributed by atoms with Gasteiger partial charge in [-0.1, -0.05) is 13.2 Å². The standard InChI is InChI=1S/C26H30O10S/c1-3-25(29)35-17-19(27)13-15-33-21-5-9-23(10-6-21)37(31,32)24-11-7-22(8-12-24)34-16-14-20(28)18-36-26(30)4-2/h3-12,19-20,27-28H,1-2,13-18H2. The summed E-state index contributed by atoms with van der Waals surface area (Å²) in [6.45, 7) is 6.45. The van der Waals surface area contributed by atoms with Gasteiger partial charge in [-0.3, -0.25) is 0 Å². The Balaban J connectivity index is 1.83.